The van der Waals surface area contributed by atoms with Gasteiger partial charge in [-0.05, 0) is 12.8 Å². The van der Waals surface area contributed by atoms with Crippen molar-refractivity contribution >= 4 is 21.7 Å². The van der Waals surface area contributed by atoms with Gasteiger partial charge in [-0.3, -0.25) is 14.3 Å². The number of allylic oxidation sites excluding steroid dienone is 2. The molecule has 0 aromatic carbocycles. The van der Waals surface area contributed by atoms with E-state index in [0.717, 1.165) is 12.8 Å². The number of β-amino-alcohol motifs (C(OH)–C–C–N with tert-alkyl or cyclic N) is 2. The molecule has 0 aromatic heterocycles. The Kier molecular flexibility index (Phi) is 20.6. The molecule has 0 spiro atoms. The van der Waals surface area contributed by atoms with E-state index in [1.807, 2.05) is 12.2 Å². The molecule has 0 amide bonds. The third kappa shape index (κ3) is 17.0. The van der Waals surface area contributed by atoms with E-state index in [9.17, 15) is 28.0 Å². The maximum Gasteiger partial charge on any atom is 1.00 e. The molecular formula is C25H46N2NaO6S+. The number of Topliss-reactive ketones (excluding diaryl/α,β-unsaturated/α-hetero) is 1. The molecular weight excluding hydrogens is 479 g/mol. The average molecular weight is 526 g/mol. The summed E-state index contributed by atoms with van der Waals surface area (Å²) in [5, 5.41) is 19.2. The predicted octanol–water partition coefficient (Wildman–Crippen LogP) is -0.168. The Morgan fingerprint density at radius 2 is 1.63 bits per heavy atom. The first-order valence-electron chi connectivity index (χ1n) is 13.1. The van der Waals surface area contributed by atoms with Crippen molar-refractivity contribution in [3.8, 4) is 0 Å². The van der Waals surface area contributed by atoms with Gasteiger partial charge in [-0.2, -0.15) is 0 Å². The fraction of sp³-hybridized carbons (Fsp3) is 0.840. The summed E-state index contributed by atoms with van der Waals surface area (Å²) in [6.07, 6.45) is 17.9. The van der Waals surface area contributed by atoms with E-state index >= 15 is 0 Å². The normalized spacial score (nSPS) is 15.1. The Bertz CT molecular complexity index is 742. The summed E-state index contributed by atoms with van der Waals surface area (Å²) in [4.78, 5) is 14.6. The average Bonchev–Trinajstić information content (AvgIpc) is 3.14. The van der Waals surface area contributed by atoms with Gasteiger partial charge in [0.1, 0.15) is 32.3 Å². The number of amidine groups is 1. The van der Waals surface area contributed by atoms with Crippen LogP contribution in [0.2, 0.25) is 0 Å². The van der Waals surface area contributed by atoms with Crippen LogP contribution in [0.25, 0.3) is 0 Å². The fourth-order valence-corrected chi connectivity index (χ4v) is 4.97. The Balaban J connectivity index is 0.0000116. The van der Waals surface area contributed by atoms with Crippen molar-refractivity contribution in [1.82, 2.24) is 4.90 Å². The Hall–Kier alpha value is -0.290. The van der Waals surface area contributed by atoms with E-state index in [-0.39, 0.29) is 61.5 Å². The molecule has 0 bridgehead atoms. The van der Waals surface area contributed by atoms with Crippen molar-refractivity contribution in [2.75, 3.05) is 38.5 Å². The van der Waals surface area contributed by atoms with Crippen molar-refractivity contribution in [2.45, 2.75) is 96.5 Å². The second kappa shape index (κ2) is 20.7. The van der Waals surface area contributed by atoms with E-state index < -0.39 is 22.0 Å². The summed E-state index contributed by atoms with van der Waals surface area (Å²) < 4.78 is 34.3. The molecule has 1 rings (SSSR count). The first-order valence-corrected chi connectivity index (χ1v) is 14.6. The molecule has 0 aliphatic carbocycles. The van der Waals surface area contributed by atoms with E-state index in [4.69, 9.17) is 0 Å². The Morgan fingerprint density at radius 3 is 2.17 bits per heavy atom. The number of aliphatic hydroxyl groups is 2. The van der Waals surface area contributed by atoms with Crippen molar-refractivity contribution < 1.29 is 62.1 Å². The van der Waals surface area contributed by atoms with Crippen LogP contribution >= 0.6 is 0 Å². The van der Waals surface area contributed by atoms with Crippen molar-refractivity contribution in [1.29, 1.82) is 0 Å². The molecule has 0 radical (unpaired) electrons. The monoisotopic (exact) mass is 525 g/mol. The van der Waals surface area contributed by atoms with Crippen LogP contribution in [0.3, 0.4) is 0 Å². The van der Waals surface area contributed by atoms with Gasteiger partial charge in [-0.25, -0.2) is 8.42 Å². The van der Waals surface area contributed by atoms with E-state index in [0.29, 0.717) is 18.9 Å². The van der Waals surface area contributed by atoms with Gasteiger partial charge in [0.05, 0.1) is 22.5 Å². The largest absolute Gasteiger partial charge is 1.00 e. The molecule has 0 aromatic rings. The number of nitrogens with zero attached hydrogens (tertiary/aromatic N) is 2. The maximum absolute atomic E-state index is 12.8. The molecule has 1 aliphatic rings. The van der Waals surface area contributed by atoms with Gasteiger partial charge >= 0.3 is 35.4 Å². The second-order valence-electron chi connectivity index (χ2n) is 9.28. The van der Waals surface area contributed by atoms with Crippen LogP contribution in [-0.4, -0.2) is 88.9 Å². The molecule has 1 unspecified atom stereocenters. The molecule has 1 heterocycles. The SMILES string of the molecule is CCCCCCCCCCCCC/C=C/CC(=O)C1=[N+](CC(O)CS(=O)(=O)[O-])CCN1CCO.[Na+]. The van der Waals surface area contributed by atoms with Gasteiger partial charge in [0, 0.05) is 6.42 Å². The number of ketones is 1. The molecule has 35 heavy (non-hydrogen) atoms. The fourth-order valence-electron chi connectivity index (χ4n) is 4.39. The van der Waals surface area contributed by atoms with Crippen LogP contribution in [0, 0.1) is 0 Å². The Labute approximate surface area is 234 Å². The standard InChI is InChI=1S/C25H46N2O6S.Na/c1-2-3-4-5-6-7-8-9-10-11-12-13-14-15-16-24(30)25-26(19-20-28)17-18-27(25)21-23(29)22-34(31,32)33;/h14-15,23,28-29H,2-13,16-22H2,1H3;/q;+1/b15-14+;. The number of carbonyl (C=O) groups is 1. The molecule has 1 aliphatic heterocycles. The Morgan fingerprint density at radius 1 is 1.06 bits per heavy atom. The van der Waals surface area contributed by atoms with Crippen molar-refractivity contribution in [2.24, 2.45) is 0 Å². The number of aliphatic hydroxyl groups excluding tert-OH is 2. The minimum atomic E-state index is -4.55. The number of hydrogen-bond donors (Lipinski definition) is 2. The summed E-state index contributed by atoms with van der Waals surface area (Å²) in [5.41, 5.74) is 0. The summed E-state index contributed by atoms with van der Waals surface area (Å²) in [7, 11) is -4.55. The molecule has 0 fully saturated rings. The molecule has 2 N–H and O–H groups in total. The van der Waals surface area contributed by atoms with Crippen LogP contribution in [0.4, 0.5) is 0 Å². The van der Waals surface area contributed by atoms with E-state index in [1.165, 1.54) is 64.2 Å². The summed E-state index contributed by atoms with van der Waals surface area (Å²) in [6, 6.07) is 0. The minimum Gasteiger partial charge on any atom is -0.748 e. The predicted molar refractivity (Wildman–Crippen MR) is 134 cm³/mol. The van der Waals surface area contributed by atoms with Crippen LogP contribution in [-0.2, 0) is 14.9 Å². The quantitative estimate of drug-likeness (QED) is 0.0702. The minimum absolute atomic E-state index is 0. The number of unbranched alkanes of at least 4 members (excludes halogenated alkanes) is 11. The number of carbonyl (C=O) groups excluding carboxylic acids is 1. The first-order chi connectivity index (χ1) is 16.3. The van der Waals surface area contributed by atoms with Crippen molar-refractivity contribution in [3.05, 3.63) is 12.2 Å². The number of rotatable bonds is 21. The summed E-state index contributed by atoms with van der Waals surface area (Å²) in [6.45, 7) is 3.24. The zero-order valence-corrected chi connectivity index (χ0v) is 24.8. The molecule has 0 saturated heterocycles. The van der Waals surface area contributed by atoms with Gasteiger partial charge in [0.2, 0.25) is 5.78 Å². The first kappa shape index (κ1) is 34.7. The van der Waals surface area contributed by atoms with Crippen molar-refractivity contribution in [3.63, 3.8) is 0 Å². The third-order valence-corrected chi connectivity index (χ3v) is 6.92. The smallest absolute Gasteiger partial charge is 0.748 e. The van der Waals surface area contributed by atoms with Crippen LogP contribution in [0.1, 0.15) is 90.4 Å². The van der Waals surface area contributed by atoms with E-state index in [1.54, 1.807) is 9.48 Å². The topological polar surface area (TPSA) is 121 Å². The zero-order chi connectivity index (χ0) is 25.2. The van der Waals surface area contributed by atoms with Gasteiger partial charge < -0.3 is 14.8 Å². The third-order valence-electron chi connectivity index (χ3n) is 6.13. The number of hydrogen-bond acceptors (Lipinski definition) is 7. The van der Waals surface area contributed by atoms with Gasteiger partial charge in [0.25, 0.3) is 0 Å². The summed E-state index contributed by atoms with van der Waals surface area (Å²) in [5.74, 6) is -0.654. The second-order valence-corrected chi connectivity index (χ2v) is 10.7. The zero-order valence-electron chi connectivity index (χ0n) is 22.0. The van der Waals surface area contributed by atoms with E-state index in [2.05, 4.69) is 6.92 Å². The van der Waals surface area contributed by atoms with Crippen LogP contribution in [0.5, 0.6) is 0 Å². The molecule has 1 atom stereocenters. The van der Waals surface area contributed by atoms with Gasteiger partial charge in [0.15, 0.2) is 0 Å². The molecule has 198 valence electrons. The molecule has 0 saturated carbocycles. The van der Waals surface area contributed by atoms with Crippen LogP contribution in [0.15, 0.2) is 12.2 Å². The molecule has 10 heteroatoms. The maximum atomic E-state index is 12.8. The van der Waals surface area contributed by atoms with Gasteiger partial charge in [-0.15, -0.1) is 0 Å². The summed E-state index contributed by atoms with van der Waals surface area (Å²) >= 11 is 0. The van der Waals surface area contributed by atoms with Crippen LogP contribution < -0.4 is 29.6 Å². The van der Waals surface area contributed by atoms with Gasteiger partial charge in [-0.1, -0.05) is 83.3 Å². The molecule has 8 nitrogen and oxygen atoms in total.